The van der Waals surface area contributed by atoms with E-state index in [1.54, 1.807) is 4.90 Å². The van der Waals surface area contributed by atoms with Crippen LogP contribution in [0.2, 0.25) is 0 Å². The molecule has 0 aromatic heterocycles. The second kappa shape index (κ2) is 11.2. The van der Waals surface area contributed by atoms with Gasteiger partial charge in [-0.2, -0.15) is 0 Å². The van der Waals surface area contributed by atoms with Crippen LogP contribution in [0.5, 0.6) is 0 Å². The second-order valence-electron chi connectivity index (χ2n) is 8.08. The van der Waals surface area contributed by atoms with Crippen LogP contribution in [0.15, 0.2) is 29.3 Å². The highest BCUT2D eigenvalue weighted by molar-refractivity contribution is 5.78. The number of benzene rings is 1. The van der Waals surface area contributed by atoms with Gasteiger partial charge in [-0.05, 0) is 43.7 Å². The van der Waals surface area contributed by atoms with Crippen molar-refractivity contribution < 1.29 is 14.6 Å². The van der Waals surface area contributed by atoms with E-state index in [2.05, 4.69) is 33.4 Å². The Balaban J connectivity index is 1.48. The van der Waals surface area contributed by atoms with Gasteiger partial charge in [0.05, 0.1) is 19.3 Å². The lowest BCUT2D eigenvalue weighted by Crippen LogP contribution is -2.48. The number of rotatable bonds is 6. The molecule has 166 valence electrons. The van der Waals surface area contributed by atoms with E-state index in [0.717, 1.165) is 45.3 Å². The Morgan fingerprint density at radius 3 is 2.50 bits per heavy atom. The van der Waals surface area contributed by atoms with E-state index in [-0.39, 0.29) is 18.2 Å². The fourth-order valence-electron chi connectivity index (χ4n) is 4.03. The minimum absolute atomic E-state index is 0.156. The number of amides is 1. The summed E-state index contributed by atoms with van der Waals surface area (Å²) < 4.78 is 5.06. The lowest BCUT2D eigenvalue weighted by Gasteiger charge is -2.31. The van der Waals surface area contributed by atoms with Gasteiger partial charge in [-0.3, -0.25) is 4.90 Å². The monoisotopic (exact) mass is 417 g/mol. The first-order chi connectivity index (χ1) is 14.5. The van der Waals surface area contributed by atoms with Crippen molar-refractivity contribution in [3.8, 4) is 0 Å². The number of likely N-dealkylation sites (tertiary alicyclic amines) is 2. The molecule has 0 saturated carbocycles. The van der Waals surface area contributed by atoms with Gasteiger partial charge >= 0.3 is 6.09 Å². The van der Waals surface area contributed by atoms with Gasteiger partial charge in [0.2, 0.25) is 0 Å². The van der Waals surface area contributed by atoms with Crippen molar-refractivity contribution in [3.63, 3.8) is 0 Å². The number of carbonyl (C=O) groups is 1. The number of ether oxygens (including phenoxy) is 1. The van der Waals surface area contributed by atoms with E-state index in [1.165, 1.54) is 11.1 Å². The first-order valence-corrected chi connectivity index (χ1v) is 11.0. The third-order valence-electron chi connectivity index (χ3n) is 5.86. The van der Waals surface area contributed by atoms with E-state index < -0.39 is 0 Å². The molecule has 1 aromatic carbocycles. The predicted octanol–water partition coefficient (Wildman–Crippen LogP) is 1.67. The number of nitrogens with one attached hydrogen (secondary N) is 1. The molecule has 1 aromatic rings. The highest BCUT2D eigenvalue weighted by Crippen LogP contribution is 2.17. The number of piperidine rings is 2. The molecule has 2 aliphatic rings. The van der Waals surface area contributed by atoms with Crippen LogP contribution in [0.3, 0.4) is 0 Å². The SMILES string of the molecule is CCOC(=O)N1CCC(NC(N)=NCc2ccccc2CN2CCC(O)CC2)CC1. The molecule has 8 heteroatoms. The summed E-state index contributed by atoms with van der Waals surface area (Å²) in [5.74, 6) is 0.445. The molecule has 0 bridgehead atoms. The molecule has 2 aliphatic heterocycles. The lowest BCUT2D eigenvalue weighted by molar-refractivity contribution is 0.0791. The van der Waals surface area contributed by atoms with Crippen LogP contribution in [0, 0.1) is 0 Å². The zero-order valence-electron chi connectivity index (χ0n) is 17.9. The molecule has 3 rings (SSSR count). The van der Waals surface area contributed by atoms with Crippen molar-refractivity contribution in [1.29, 1.82) is 0 Å². The molecule has 30 heavy (non-hydrogen) atoms. The third-order valence-corrected chi connectivity index (χ3v) is 5.86. The van der Waals surface area contributed by atoms with E-state index >= 15 is 0 Å². The van der Waals surface area contributed by atoms with E-state index in [1.807, 2.05) is 13.0 Å². The molecular formula is C22H35N5O3. The molecule has 2 fully saturated rings. The van der Waals surface area contributed by atoms with Crippen LogP contribution >= 0.6 is 0 Å². The van der Waals surface area contributed by atoms with E-state index in [4.69, 9.17) is 10.5 Å². The van der Waals surface area contributed by atoms with Crippen molar-refractivity contribution in [2.45, 2.75) is 57.8 Å². The summed E-state index contributed by atoms with van der Waals surface area (Å²) in [4.78, 5) is 20.5. The number of hydrogen-bond acceptors (Lipinski definition) is 5. The van der Waals surface area contributed by atoms with Crippen LogP contribution in [0.25, 0.3) is 0 Å². The molecule has 8 nitrogen and oxygen atoms in total. The average molecular weight is 418 g/mol. The fraction of sp³-hybridized carbons (Fsp3) is 0.636. The van der Waals surface area contributed by atoms with Crippen molar-refractivity contribution in [2.75, 3.05) is 32.8 Å². The maximum atomic E-state index is 11.8. The Labute approximate surface area is 179 Å². The Morgan fingerprint density at radius 1 is 1.17 bits per heavy atom. The average Bonchev–Trinajstić information content (AvgIpc) is 2.75. The topological polar surface area (TPSA) is 103 Å². The summed E-state index contributed by atoms with van der Waals surface area (Å²) in [5, 5.41) is 13.0. The van der Waals surface area contributed by atoms with Gasteiger partial charge in [-0.1, -0.05) is 24.3 Å². The van der Waals surface area contributed by atoms with Gasteiger partial charge < -0.3 is 25.8 Å². The molecule has 0 aliphatic carbocycles. The second-order valence-corrected chi connectivity index (χ2v) is 8.08. The molecule has 2 saturated heterocycles. The number of aliphatic imine (C=N–C) groups is 1. The zero-order chi connectivity index (χ0) is 21.3. The molecule has 0 spiro atoms. The van der Waals surface area contributed by atoms with Gasteiger partial charge in [0.1, 0.15) is 0 Å². The summed E-state index contributed by atoms with van der Waals surface area (Å²) in [7, 11) is 0. The lowest BCUT2D eigenvalue weighted by atomic mass is 10.0. The van der Waals surface area contributed by atoms with E-state index in [0.29, 0.717) is 32.2 Å². The molecule has 2 heterocycles. The minimum atomic E-state index is -0.239. The smallest absolute Gasteiger partial charge is 0.409 e. The standard InChI is InChI=1S/C22H35N5O3/c1-2-30-22(29)27-13-7-19(8-14-27)25-21(23)24-15-17-5-3-4-6-18(17)16-26-11-9-20(28)10-12-26/h3-6,19-20,28H,2,7-16H2,1H3,(H3,23,24,25). The van der Waals surface area contributed by atoms with Gasteiger partial charge in [0.25, 0.3) is 0 Å². The fourth-order valence-corrected chi connectivity index (χ4v) is 4.03. The molecule has 4 N–H and O–H groups in total. The highest BCUT2D eigenvalue weighted by atomic mass is 16.6. The first-order valence-electron chi connectivity index (χ1n) is 11.0. The third kappa shape index (κ3) is 6.60. The summed E-state index contributed by atoms with van der Waals surface area (Å²) in [6.45, 7) is 6.80. The zero-order valence-corrected chi connectivity index (χ0v) is 17.9. The largest absolute Gasteiger partial charge is 0.450 e. The van der Waals surface area contributed by atoms with Crippen molar-refractivity contribution in [3.05, 3.63) is 35.4 Å². The first kappa shape index (κ1) is 22.4. The molecule has 0 atom stereocenters. The number of carbonyl (C=O) groups excluding carboxylic acids is 1. The number of nitrogens with two attached hydrogens (primary N) is 1. The summed E-state index contributed by atoms with van der Waals surface area (Å²) in [6.07, 6.45) is 2.94. The Hall–Kier alpha value is -2.32. The van der Waals surface area contributed by atoms with E-state index in [9.17, 15) is 9.90 Å². The Morgan fingerprint density at radius 2 is 1.83 bits per heavy atom. The Bertz CT molecular complexity index is 710. The number of nitrogens with zero attached hydrogens (tertiary/aromatic N) is 3. The molecule has 0 radical (unpaired) electrons. The van der Waals surface area contributed by atoms with Crippen LogP contribution in [0.4, 0.5) is 4.79 Å². The Kier molecular flexibility index (Phi) is 8.33. The number of guanidine groups is 1. The quantitative estimate of drug-likeness (QED) is 0.481. The normalized spacial score (nSPS) is 19.7. The minimum Gasteiger partial charge on any atom is -0.450 e. The molecule has 1 amide bonds. The summed E-state index contributed by atoms with van der Waals surface area (Å²) in [5.41, 5.74) is 8.57. The molecular weight excluding hydrogens is 382 g/mol. The predicted molar refractivity (Wildman–Crippen MR) is 117 cm³/mol. The number of aliphatic hydroxyl groups excluding tert-OH is 1. The molecule has 0 unspecified atom stereocenters. The van der Waals surface area contributed by atoms with Crippen LogP contribution in [0.1, 0.15) is 43.7 Å². The maximum Gasteiger partial charge on any atom is 0.409 e. The summed E-state index contributed by atoms with van der Waals surface area (Å²) >= 11 is 0. The number of hydrogen-bond donors (Lipinski definition) is 3. The van der Waals surface area contributed by atoms with Crippen LogP contribution in [-0.4, -0.2) is 71.9 Å². The maximum absolute atomic E-state index is 11.8. The van der Waals surface area contributed by atoms with Crippen molar-refractivity contribution in [2.24, 2.45) is 10.7 Å². The van der Waals surface area contributed by atoms with Gasteiger partial charge in [0.15, 0.2) is 5.96 Å². The van der Waals surface area contributed by atoms with Gasteiger partial charge in [-0.25, -0.2) is 9.79 Å². The van der Waals surface area contributed by atoms with Crippen LogP contribution < -0.4 is 11.1 Å². The van der Waals surface area contributed by atoms with Gasteiger partial charge in [0, 0.05) is 38.8 Å². The van der Waals surface area contributed by atoms with Crippen molar-refractivity contribution in [1.82, 2.24) is 15.1 Å². The van der Waals surface area contributed by atoms with Crippen molar-refractivity contribution >= 4 is 12.1 Å². The number of aliphatic hydroxyl groups is 1. The summed E-state index contributed by atoms with van der Waals surface area (Å²) in [6, 6.07) is 8.55. The highest BCUT2D eigenvalue weighted by Gasteiger charge is 2.23. The van der Waals surface area contributed by atoms with Crippen LogP contribution in [-0.2, 0) is 17.8 Å². The van der Waals surface area contributed by atoms with Gasteiger partial charge in [-0.15, -0.1) is 0 Å².